The van der Waals surface area contributed by atoms with Gasteiger partial charge in [0.15, 0.2) is 11.6 Å². The minimum atomic E-state index is -0.937. The summed E-state index contributed by atoms with van der Waals surface area (Å²) in [5.41, 5.74) is -1.69. The van der Waals surface area contributed by atoms with Gasteiger partial charge in [-0.2, -0.15) is 0 Å². The molecule has 2 amide bonds. The lowest BCUT2D eigenvalue weighted by atomic mass is 9.70. The highest BCUT2D eigenvalue weighted by Crippen LogP contribution is 2.61. The number of benzene rings is 1. The van der Waals surface area contributed by atoms with Crippen molar-refractivity contribution in [3.05, 3.63) is 24.3 Å². The molecule has 0 unspecified atom stereocenters. The first-order chi connectivity index (χ1) is 14.9. The van der Waals surface area contributed by atoms with Crippen molar-refractivity contribution >= 4 is 34.8 Å². The molecule has 4 bridgehead atoms. The summed E-state index contributed by atoms with van der Waals surface area (Å²) in [6, 6.07) is 6.98. The van der Waals surface area contributed by atoms with Gasteiger partial charge in [-0.05, 0) is 68.6 Å². The monoisotopic (exact) mass is 436 g/mol. The number of ketones is 2. The van der Waals surface area contributed by atoms with Crippen LogP contribution in [0.3, 0.4) is 0 Å². The molecule has 4 aliphatic carbocycles. The number of amides is 2. The predicted octanol–water partition coefficient (Wildman–Crippen LogP) is 4.35. The number of rotatable bonds is 4. The summed E-state index contributed by atoms with van der Waals surface area (Å²) >= 11 is 0. The maximum absolute atomic E-state index is 13.2. The van der Waals surface area contributed by atoms with Crippen LogP contribution in [0.2, 0.25) is 0 Å². The fraction of sp³-hybridized carbons (Fsp3) is 0.615. The van der Waals surface area contributed by atoms with Gasteiger partial charge in [0.25, 0.3) is 0 Å². The van der Waals surface area contributed by atoms with Crippen LogP contribution in [0.15, 0.2) is 24.3 Å². The Labute approximate surface area is 188 Å². The standard InChI is InChI=1S/C26H32N2O4/c1-23(2)15-8-10-25(13-15,19(23)29)21(31)27-17-6-5-7-18(12-17)28-22(32)26-11-9-16(14-26)24(3,4)20(26)30/h5-7,12,15-16H,8-11,13-14H2,1-4H3,(H,27,31)(H,28,32)/t15-,16+,25+,26-. The number of hydrogen-bond acceptors (Lipinski definition) is 4. The second-order valence-electron chi connectivity index (χ2n) is 11.6. The molecule has 0 aromatic heterocycles. The highest BCUT2D eigenvalue weighted by atomic mass is 16.2. The van der Waals surface area contributed by atoms with Gasteiger partial charge < -0.3 is 10.6 Å². The first-order valence-electron chi connectivity index (χ1n) is 11.8. The van der Waals surface area contributed by atoms with Gasteiger partial charge in [-0.25, -0.2) is 0 Å². The number of nitrogens with one attached hydrogen (secondary N) is 2. The van der Waals surface area contributed by atoms with E-state index in [1.807, 2.05) is 27.7 Å². The summed E-state index contributed by atoms with van der Waals surface area (Å²) in [4.78, 5) is 52.4. The predicted molar refractivity (Wildman–Crippen MR) is 121 cm³/mol. The molecule has 4 aliphatic rings. The highest BCUT2D eigenvalue weighted by Gasteiger charge is 2.66. The van der Waals surface area contributed by atoms with Crippen molar-refractivity contribution in [3.8, 4) is 0 Å². The summed E-state index contributed by atoms with van der Waals surface area (Å²) in [6.45, 7) is 7.79. The van der Waals surface area contributed by atoms with E-state index in [9.17, 15) is 19.2 Å². The van der Waals surface area contributed by atoms with E-state index in [2.05, 4.69) is 10.6 Å². The Kier molecular flexibility index (Phi) is 4.35. The fourth-order valence-electron chi connectivity index (χ4n) is 7.13. The zero-order valence-corrected chi connectivity index (χ0v) is 19.3. The number of Topliss-reactive ketones (excluding diaryl/α,β-unsaturated/α-hetero) is 2. The average Bonchev–Trinajstić information content (AvgIpc) is 3.46. The lowest BCUT2D eigenvalue weighted by molar-refractivity contribution is -0.143. The Hall–Kier alpha value is -2.50. The van der Waals surface area contributed by atoms with E-state index in [0.717, 1.165) is 12.8 Å². The molecule has 5 rings (SSSR count). The second-order valence-corrected chi connectivity index (χ2v) is 11.6. The number of carbonyl (C=O) groups is 4. The molecule has 0 aliphatic heterocycles. The lowest BCUT2D eigenvalue weighted by Gasteiger charge is -2.32. The molecular formula is C26H32N2O4. The molecule has 4 atom stereocenters. The van der Waals surface area contributed by atoms with Gasteiger partial charge in [0.05, 0.1) is 0 Å². The normalized spacial score (nSPS) is 35.9. The van der Waals surface area contributed by atoms with Crippen LogP contribution in [0.5, 0.6) is 0 Å². The number of fused-ring (bicyclic) bond motifs is 4. The zero-order chi connectivity index (χ0) is 23.1. The number of carbonyl (C=O) groups excluding carboxylic acids is 4. The van der Waals surface area contributed by atoms with E-state index < -0.39 is 21.7 Å². The van der Waals surface area contributed by atoms with Crippen molar-refractivity contribution < 1.29 is 19.2 Å². The van der Waals surface area contributed by atoms with E-state index in [0.29, 0.717) is 37.1 Å². The van der Waals surface area contributed by atoms with Gasteiger partial charge in [-0.1, -0.05) is 33.8 Å². The highest BCUT2D eigenvalue weighted by molar-refractivity contribution is 6.16. The quantitative estimate of drug-likeness (QED) is 0.686. The van der Waals surface area contributed by atoms with E-state index in [4.69, 9.17) is 0 Å². The van der Waals surface area contributed by atoms with E-state index in [-0.39, 0.29) is 35.2 Å². The molecule has 0 spiro atoms. The van der Waals surface area contributed by atoms with Crippen LogP contribution in [0.4, 0.5) is 11.4 Å². The molecule has 0 heterocycles. The maximum Gasteiger partial charge on any atom is 0.238 e. The number of anilines is 2. The van der Waals surface area contributed by atoms with E-state index in [1.165, 1.54) is 0 Å². The molecule has 170 valence electrons. The van der Waals surface area contributed by atoms with Crippen molar-refractivity contribution in [2.24, 2.45) is 33.5 Å². The minimum absolute atomic E-state index is 0.0421. The van der Waals surface area contributed by atoms with Crippen LogP contribution >= 0.6 is 0 Å². The zero-order valence-electron chi connectivity index (χ0n) is 19.3. The Morgan fingerprint density at radius 3 is 1.53 bits per heavy atom. The van der Waals surface area contributed by atoms with Gasteiger partial charge in [-0.15, -0.1) is 0 Å². The van der Waals surface area contributed by atoms with Gasteiger partial charge in [-0.3, -0.25) is 19.2 Å². The molecule has 4 saturated carbocycles. The van der Waals surface area contributed by atoms with Crippen molar-refractivity contribution in [1.82, 2.24) is 0 Å². The van der Waals surface area contributed by atoms with Crippen molar-refractivity contribution in [2.45, 2.75) is 66.2 Å². The number of hydrogen-bond donors (Lipinski definition) is 2. The summed E-state index contributed by atoms with van der Waals surface area (Å²) in [7, 11) is 0. The van der Waals surface area contributed by atoms with Crippen LogP contribution in [0, 0.1) is 33.5 Å². The van der Waals surface area contributed by atoms with E-state index in [1.54, 1.807) is 24.3 Å². The molecule has 0 saturated heterocycles. The van der Waals surface area contributed by atoms with Crippen LogP contribution in [0.1, 0.15) is 66.2 Å². The summed E-state index contributed by atoms with van der Waals surface area (Å²) in [6.07, 6.45) is 4.23. The molecule has 0 radical (unpaired) electrons. The van der Waals surface area contributed by atoms with Crippen LogP contribution < -0.4 is 10.6 Å². The lowest BCUT2D eigenvalue weighted by Crippen LogP contribution is -2.44. The molecule has 6 heteroatoms. The second kappa shape index (κ2) is 6.52. The van der Waals surface area contributed by atoms with Crippen LogP contribution in [-0.2, 0) is 19.2 Å². The third-order valence-electron chi connectivity index (χ3n) is 9.36. The van der Waals surface area contributed by atoms with Crippen molar-refractivity contribution in [2.75, 3.05) is 10.6 Å². The first-order valence-corrected chi connectivity index (χ1v) is 11.8. The smallest absolute Gasteiger partial charge is 0.238 e. The molecule has 6 nitrogen and oxygen atoms in total. The molecule has 1 aromatic rings. The Morgan fingerprint density at radius 2 is 1.19 bits per heavy atom. The third kappa shape index (κ3) is 2.64. The Morgan fingerprint density at radius 1 is 0.781 bits per heavy atom. The van der Waals surface area contributed by atoms with Gasteiger partial charge in [0.1, 0.15) is 10.8 Å². The molecule has 2 N–H and O–H groups in total. The summed E-state index contributed by atoms with van der Waals surface area (Å²) < 4.78 is 0. The largest absolute Gasteiger partial charge is 0.325 e. The Balaban J connectivity index is 1.32. The summed E-state index contributed by atoms with van der Waals surface area (Å²) in [5, 5.41) is 5.86. The fourth-order valence-corrected chi connectivity index (χ4v) is 7.13. The van der Waals surface area contributed by atoms with Gasteiger partial charge in [0, 0.05) is 22.2 Å². The van der Waals surface area contributed by atoms with Gasteiger partial charge >= 0.3 is 0 Å². The summed E-state index contributed by atoms with van der Waals surface area (Å²) in [5.74, 6) is 0.108. The van der Waals surface area contributed by atoms with Gasteiger partial charge in [0.2, 0.25) is 11.8 Å². The van der Waals surface area contributed by atoms with Crippen molar-refractivity contribution in [3.63, 3.8) is 0 Å². The molecule has 4 fully saturated rings. The first kappa shape index (κ1) is 21.4. The van der Waals surface area contributed by atoms with Crippen LogP contribution in [-0.4, -0.2) is 23.4 Å². The van der Waals surface area contributed by atoms with Crippen molar-refractivity contribution in [1.29, 1.82) is 0 Å². The average molecular weight is 437 g/mol. The molecule has 32 heavy (non-hydrogen) atoms. The minimum Gasteiger partial charge on any atom is -0.325 e. The maximum atomic E-state index is 13.2. The molecular weight excluding hydrogens is 404 g/mol. The Bertz CT molecular complexity index is 978. The van der Waals surface area contributed by atoms with E-state index >= 15 is 0 Å². The molecule has 1 aromatic carbocycles. The van der Waals surface area contributed by atoms with Crippen LogP contribution in [0.25, 0.3) is 0 Å². The topological polar surface area (TPSA) is 92.3 Å². The third-order valence-corrected chi connectivity index (χ3v) is 9.36. The SMILES string of the molecule is CC1(C)C(=O)[C@@]2(C(=O)Nc3cccc(NC(=O)[C@@]45CC[C@H](C4)C(C)(C)C5=O)c3)CC[C@H]1C2.